The maximum absolute atomic E-state index is 11.9. The van der Waals surface area contributed by atoms with E-state index in [0.717, 1.165) is 44.9 Å². The third-order valence-electron chi connectivity index (χ3n) is 6.06. The first kappa shape index (κ1) is 32.6. The number of hydrogen-bond donors (Lipinski definition) is 1. The third-order valence-corrected chi connectivity index (χ3v) is 6.06. The van der Waals surface area contributed by atoms with E-state index < -0.39 is 6.10 Å². The standard InChI is InChI=1S/C29H54O5/c1-3-5-7-9-11-12-13-14-15-16-18-19-21-23-28(31)33-26-27(25-30)34-29(32)24-22-20-17-10-8-6-4-2/h12-13,27,30H,3-11,14-26H2,1-2H3/b13-12+/t27-/m0/s1. The van der Waals surface area contributed by atoms with Gasteiger partial charge in [0.15, 0.2) is 6.10 Å². The van der Waals surface area contributed by atoms with Gasteiger partial charge in [-0.15, -0.1) is 0 Å². The Hall–Kier alpha value is -1.36. The van der Waals surface area contributed by atoms with Gasteiger partial charge in [0, 0.05) is 12.8 Å². The molecule has 0 saturated heterocycles. The van der Waals surface area contributed by atoms with Crippen LogP contribution in [0.25, 0.3) is 0 Å². The van der Waals surface area contributed by atoms with Crippen LogP contribution in [0.5, 0.6) is 0 Å². The van der Waals surface area contributed by atoms with Gasteiger partial charge in [-0.25, -0.2) is 0 Å². The zero-order chi connectivity index (χ0) is 25.1. The Kier molecular flexibility index (Phi) is 25.2. The number of carbonyl (C=O) groups is 2. The molecule has 0 rings (SSSR count). The van der Waals surface area contributed by atoms with E-state index in [9.17, 15) is 14.7 Å². The summed E-state index contributed by atoms with van der Waals surface area (Å²) in [5, 5.41) is 9.41. The highest BCUT2D eigenvalue weighted by Gasteiger charge is 2.16. The van der Waals surface area contributed by atoms with Gasteiger partial charge in [0.2, 0.25) is 0 Å². The van der Waals surface area contributed by atoms with Crippen LogP contribution >= 0.6 is 0 Å². The highest BCUT2D eigenvalue weighted by Crippen LogP contribution is 2.11. The largest absolute Gasteiger partial charge is 0.462 e. The van der Waals surface area contributed by atoms with Gasteiger partial charge in [0.05, 0.1) is 6.61 Å². The van der Waals surface area contributed by atoms with Crippen LogP contribution in [-0.4, -0.2) is 36.4 Å². The number of ether oxygens (including phenoxy) is 2. The van der Waals surface area contributed by atoms with Crippen molar-refractivity contribution in [3.8, 4) is 0 Å². The van der Waals surface area contributed by atoms with Gasteiger partial charge in [-0.3, -0.25) is 9.59 Å². The molecular formula is C29H54O5. The fourth-order valence-corrected chi connectivity index (χ4v) is 3.84. The minimum absolute atomic E-state index is 0.0666. The highest BCUT2D eigenvalue weighted by atomic mass is 16.6. The van der Waals surface area contributed by atoms with Gasteiger partial charge in [-0.05, 0) is 38.5 Å². The Balaban J connectivity index is 3.60. The number of esters is 2. The lowest BCUT2D eigenvalue weighted by Crippen LogP contribution is -2.28. The predicted molar refractivity (Wildman–Crippen MR) is 141 cm³/mol. The van der Waals surface area contributed by atoms with Gasteiger partial charge in [-0.1, -0.05) is 103 Å². The quantitative estimate of drug-likeness (QED) is 0.0815. The number of carbonyl (C=O) groups excluding carboxylic acids is 2. The van der Waals surface area contributed by atoms with Crippen molar-refractivity contribution in [2.75, 3.05) is 13.2 Å². The first-order chi connectivity index (χ1) is 16.6. The number of rotatable bonds is 25. The summed E-state index contributed by atoms with van der Waals surface area (Å²) in [5.74, 6) is -0.609. The zero-order valence-electron chi connectivity index (χ0n) is 22.4. The van der Waals surface area contributed by atoms with E-state index in [4.69, 9.17) is 9.47 Å². The molecule has 0 heterocycles. The summed E-state index contributed by atoms with van der Waals surface area (Å²) >= 11 is 0. The molecule has 34 heavy (non-hydrogen) atoms. The van der Waals surface area contributed by atoms with Crippen LogP contribution in [-0.2, 0) is 19.1 Å². The lowest BCUT2D eigenvalue weighted by molar-refractivity contribution is -0.161. The highest BCUT2D eigenvalue weighted by molar-refractivity contribution is 5.70. The van der Waals surface area contributed by atoms with Crippen LogP contribution in [0.15, 0.2) is 12.2 Å². The Labute approximate surface area is 210 Å². The van der Waals surface area contributed by atoms with E-state index in [2.05, 4.69) is 26.0 Å². The lowest BCUT2D eigenvalue weighted by atomic mass is 10.1. The second-order valence-electron chi connectivity index (χ2n) is 9.48. The van der Waals surface area contributed by atoms with E-state index in [1.807, 2.05) is 0 Å². The van der Waals surface area contributed by atoms with Crippen molar-refractivity contribution in [2.24, 2.45) is 0 Å². The smallest absolute Gasteiger partial charge is 0.306 e. The van der Waals surface area contributed by atoms with Gasteiger partial charge >= 0.3 is 11.9 Å². The fourth-order valence-electron chi connectivity index (χ4n) is 3.84. The molecule has 0 unspecified atom stereocenters. The second kappa shape index (κ2) is 26.2. The molecule has 1 atom stereocenters. The molecule has 0 amide bonds. The van der Waals surface area contributed by atoms with Crippen LogP contribution in [0.4, 0.5) is 0 Å². The van der Waals surface area contributed by atoms with Gasteiger partial charge in [-0.2, -0.15) is 0 Å². The number of aliphatic hydroxyl groups is 1. The first-order valence-electron chi connectivity index (χ1n) is 14.2. The van der Waals surface area contributed by atoms with Crippen LogP contribution in [0.3, 0.4) is 0 Å². The summed E-state index contributed by atoms with van der Waals surface area (Å²) in [7, 11) is 0. The maximum atomic E-state index is 11.9. The molecule has 0 spiro atoms. The third kappa shape index (κ3) is 23.8. The molecule has 5 nitrogen and oxygen atoms in total. The van der Waals surface area contributed by atoms with Crippen LogP contribution in [0.1, 0.15) is 142 Å². The van der Waals surface area contributed by atoms with Gasteiger partial charge in [0.1, 0.15) is 6.61 Å². The first-order valence-corrected chi connectivity index (χ1v) is 14.2. The van der Waals surface area contributed by atoms with E-state index >= 15 is 0 Å². The van der Waals surface area contributed by atoms with Crippen molar-refractivity contribution in [2.45, 2.75) is 148 Å². The van der Waals surface area contributed by atoms with E-state index in [1.165, 1.54) is 70.6 Å². The average Bonchev–Trinajstić information content (AvgIpc) is 2.84. The normalized spacial score (nSPS) is 12.2. The summed E-state index contributed by atoms with van der Waals surface area (Å²) in [6.45, 7) is 4.04. The Morgan fingerprint density at radius 1 is 0.647 bits per heavy atom. The molecule has 0 aromatic heterocycles. The van der Waals surface area contributed by atoms with Crippen LogP contribution in [0, 0.1) is 0 Å². The molecular weight excluding hydrogens is 428 g/mol. The minimum atomic E-state index is -0.763. The molecule has 0 aromatic carbocycles. The average molecular weight is 483 g/mol. The number of aliphatic hydroxyl groups excluding tert-OH is 1. The van der Waals surface area contributed by atoms with E-state index in [0.29, 0.717) is 12.8 Å². The van der Waals surface area contributed by atoms with Crippen molar-refractivity contribution in [1.29, 1.82) is 0 Å². The monoisotopic (exact) mass is 482 g/mol. The summed E-state index contributed by atoms with van der Waals surface area (Å²) in [4.78, 5) is 23.8. The molecule has 0 radical (unpaired) electrons. The minimum Gasteiger partial charge on any atom is -0.462 e. The van der Waals surface area contributed by atoms with Gasteiger partial charge in [0.25, 0.3) is 0 Å². The molecule has 0 aliphatic heterocycles. The zero-order valence-corrected chi connectivity index (χ0v) is 22.4. The molecule has 0 aliphatic carbocycles. The fraction of sp³-hybridized carbons (Fsp3) is 0.862. The predicted octanol–water partition coefficient (Wildman–Crippen LogP) is 7.83. The van der Waals surface area contributed by atoms with Crippen LogP contribution < -0.4 is 0 Å². The molecule has 0 aromatic rings. The summed E-state index contributed by atoms with van der Waals surface area (Å²) < 4.78 is 10.4. The maximum Gasteiger partial charge on any atom is 0.306 e. The molecule has 0 aliphatic rings. The molecule has 0 fully saturated rings. The Bertz CT molecular complexity index is 489. The Morgan fingerprint density at radius 3 is 1.62 bits per heavy atom. The van der Waals surface area contributed by atoms with E-state index in [1.54, 1.807) is 0 Å². The number of allylic oxidation sites excluding steroid dienone is 2. The Morgan fingerprint density at radius 2 is 1.09 bits per heavy atom. The summed E-state index contributed by atoms with van der Waals surface area (Å²) in [5.41, 5.74) is 0. The summed E-state index contributed by atoms with van der Waals surface area (Å²) in [6, 6.07) is 0. The van der Waals surface area contributed by atoms with Crippen molar-refractivity contribution in [3.63, 3.8) is 0 Å². The number of hydrogen-bond acceptors (Lipinski definition) is 5. The van der Waals surface area contributed by atoms with E-state index in [-0.39, 0.29) is 25.2 Å². The number of unbranched alkanes of at least 4 members (excludes halogenated alkanes) is 15. The van der Waals surface area contributed by atoms with Crippen molar-refractivity contribution in [1.82, 2.24) is 0 Å². The molecule has 1 N–H and O–H groups in total. The molecule has 0 bridgehead atoms. The van der Waals surface area contributed by atoms with Crippen LogP contribution in [0.2, 0.25) is 0 Å². The van der Waals surface area contributed by atoms with Crippen molar-refractivity contribution < 1.29 is 24.2 Å². The van der Waals surface area contributed by atoms with Gasteiger partial charge < -0.3 is 14.6 Å². The van der Waals surface area contributed by atoms with Crippen molar-refractivity contribution in [3.05, 3.63) is 12.2 Å². The molecule has 5 heteroatoms. The van der Waals surface area contributed by atoms with Crippen molar-refractivity contribution >= 4 is 11.9 Å². The molecule has 200 valence electrons. The lowest BCUT2D eigenvalue weighted by Gasteiger charge is -2.15. The molecule has 0 saturated carbocycles. The second-order valence-corrected chi connectivity index (χ2v) is 9.48. The SMILES string of the molecule is CCCCCC/C=C/CCCCCCCC(=O)OC[C@H](CO)OC(=O)CCCCCCCCC. The topological polar surface area (TPSA) is 72.8 Å². The summed E-state index contributed by atoms with van der Waals surface area (Å²) in [6.07, 6.45) is 25.5.